The Balaban J connectivity index is 1.65. The Bertz CT molecular complexity index is 949. The second kappa shape index (κ2) is 5.07. The number of aryl methyl sites for hydroxylation is 2. The van der Waals surface area contributed by atoms with E-state index in [1.165, 1.54) is 24.1 Å². The number of carbonyl (C=O) groups is 1. The molecule has 2 unspecified atom stereocenters. The maximum absolute atomic E-state index is 13.3. The molecule has 0 amide bonds. The fourth-order valence-corrected chi connectivity index (χ4v) is 4.76. The summed E-state index contributed by atoms with van der Waals surface area (Å²) < 4.78 is 4.53. The number of ketones is 1. The highest BCUT2D eigenvalue weighted by molar-refractivity contribution is 6.11. The zero-order valence-electron chi connectivity index (χ0n) is 13.9. The van der Waals surface area contributed by atoms with Crippen LogP contribution >= 0.6 is 0 Å². The molecule has 2 aromatic heterocycles. The number of rotatable bonds is 2. The van der Waals surface area contributed by atoms with Crippen LogP contribution in [0.15, 0.2) is 36.7 Å². The van der Waals surface area contributed by atoms with E-state index in [4.69, 9.17) is 0 Å². The molecule has 3 aromatic rings. The highest BCUT2D eigenvalue weighted by Gasteiger charge is 2.39. The zero-order chi connectivity index (χ0) is 16.3. The first-order valence-corrected chi connectivity index (χ1v) is 8.87. The summed E-state index contributed by atoms with van der Waals surface area (Å²) in [4.78, 5) is 17.6. The third-order valence-electron chi connectivity index (χ3n) is 5.86. The number of Topliss-reactive ketones (excluding diaryl/α,β-unsaturated/α-hetero) is 1. The minimum atomic E-state index is 0.0627. The van der Waals surface area contributed by atoms with Crippen LogP contribution in [0, 0.1) is 12.8 Å². The average Bonchev–Trinajstić information content (AvgIpc) is 3.15. The lowest BCUT2D eigenvalue weighted by molar-refractivity contribution is 0.0870. The molecular formula is C20H21N3O. The van der Waals surface area contributed by atoms with Crippen LogP contribution in [0.25, 0.3) is 10.9 Å². The summed E-state index contributed by atoms with van der Waals surface area (Å²) >= 11 is 0. The van der Waals surface area contributed by atoms with Crippen molar-refractivity contribution in [1.82, 2.24) is 14.1 Å². The molecule has 0 saturated heterocycles. The van der Waals surface area contributed by atoms with Crippen LogP contribution < -0.4 is 0 Å². The lowest BCUT2D eigenvalue weighted by Gasteiger charge is -2.33. The van der Waals surface area contributed by atoms with Gasteiger partial charge in [-0.3, -0.25) is 4.79 Å². The summed E-state index contributed by atoms with van der Waals surface area (Å²) in [5, 5.41) is 1.15. The number of fused-ring (bicyclic) bond motifs is 3. The molecule has 2 atom stereocenters. The van der Waals surface area contributed by atoms with Crippen molar-refractivity contribution in [1.29, 1.82) is 0 Å². The molecule has 0 spiro atoms. The van der Waals surface area contributed by atoms with Gasteiger partial charge in [0.2, 0.25) is 0 Å². The molecule has 4 heteroatoms. The van der Waals surface area contributed by atoms with Crippen LogP contribution in [0.4, 0.5) is 0 Å². The van der Waals surface area contributed by atoms with Gasteiger partial charge < -0.3 is 9.13 Å². The summed E-state index contributed by atoms with van der Waals surface area (Å²) in [6.45, 7) is 3.80. The lowest BCUT2D eigenvalue weighted by atomic mass is 9.75. The van der Waals surface area contributed by atoms with Gasteiger partial charge in [0.15, 0.2) is 5.78 Å². The zero-order valence-corrected chi connectivity index (χ0v) is 13.9. The summed E-state index contributed by atoms with van der Waals surface area (Å²) in [6.07, 6.45) is 7.19. The van der Waals surface area contributed by atoms with Crippen LogP contribution in [0.1, 0.15) is 47.1 Å². The second-order valence-corrected chi connectivity index (χ2v) is 7.19. The van der Waals surface area contributed by atoms with Crippen LogP contribution in [0.3, 0.4) is 0 Å². The third-order valence-corrected chi connectivity index (χ3v) is 5.86. The van der Waals surface area contributed by atoms with E-state index in [2.05, 4.69) is 38.4 Å². The van der Waals surface area contributed by atoms with E-state index in [-0.39, 0.29) is 5.92 Å². The van der Waals surface area contributed by atoms with Crippen molar-refractivity contribution in [3.8, 4) is 0 Å². The van der Waals surface area contributed by atoms with Crippen molar-refractivity contribution in [2.24, 2.45) is 5.92 Å². The fraction of sp³-hybridized carbons (Fsp3) is 0.400. The highest BCUT2D eigenvalue weighted by Crippen LogP contribution is 2.45. The van der Waals surface area contributed by atoms with E-state index in [1.807, 2.05) is 19.3 Å². The van der Waals surface area contributed by atoms with E-state index in [1.54, 1.807) is 0 Å². The van der Waals surface area contributed by atoms with Crippen molar-refractivity contribution in [3.05, 3.63) is 53.7 Å². The molecule has 4 nitrogen and oxygen atoms in total. The quantitative estimate of drug-likeness (QED) is 0.718. The molecule has 1 aromatic carbocycles. The summed E-state index contributed by atoms with van der Waals surface area (Å²) in [5.41, 5.74) is 3.55. The second-order valence-electron chi connectivity index (χ2n) is 7.19. The molecule has 1 aliphatic heterocycles. The molecule has 0 fully saturated rings. The van der Waals surface area contributed by atoms with Crippen LogP contribution in [0.5, 0.6) is 0 Å². The molecule has 0 N–H and O–H groups in total. The molecule has 0 saturated carbocycles. The molecule has 2 aliphatic rings. The number of benzene rings is 1. The van der Waals surface area contributed by atoms with Crippen LogP contribution in [0.2, 0.25) is 0 Å². The van der Waals surface area contributed by atoms with E-state index in [0.29, 0.717) is 11.7 Å². The third kappa shape index (κ3) is 1.86. The van der Waals surface area contributed by atoms with Gasteiger partial charge in [-0.05, 0) is 32.3 Å². The Morgan fingerprint density at radius 2 is 2.17 bits per heavy atom. The van der Waals surface area contributed by atoms with Gasteiger partial charge >= 0.3 is 0 Å². The molecule has 5 rings (SSSR count). The fourth-order valence-electron chi connectivity index (χ4n) is 4.76. The predicted octanol–water partition coefficient (Wildman–Crippen LogP) is 3.93. The Labute approximate surface area is 141 Å². The summed E-state index contributed by atoms with van der Waals surface area (Å²) in [5.74, 6) is 1.89. The van der Waals surface area contributed by atoms with E-state index >= 15 is 0 Å². The van der Waals surface area contributed by atoms with Crippen molar-refractivity contribution in [3.63, 3.8) is 0 Å². The van der Waals surface area contributed by atoms with Gasteiger partial charge in [-0.1, -0.05) is 18.2 Å². The van der Waals surface area contributed by atoms with Crippen molar-refractivity contribution >= 4 is 16.7 Å². The number of hydrogen-bond acceptors (Lipinski definition) is 2. The molecule has 0 bridgehead atoms. The SMILES string of the molecule is Cc1nccn1CC1CC2CCCn3c2c(c2ccccc23)C1=O. The first kappa shape index (κ1) is 14.0. The largest absolute Gasteiger partial charge is 0.344 e. The van der Waals surface area contributed by atoms with Gasteiger partial charge in [-0.25, -0.2) is 4.98 Å². The number of carbonyl (C=O) groups excluding carboxylic acids is 1. The summed E-state index contributed by atoms with van der Waals surface area (Å²) in [7, 11) is 0. The monoisotopic (exact) mass is 319 g/mol. The Kier molecular flexibility index (Phi) is 2.96. The smallest absolute Gasteiger partial charge is 0.170 e. The number of nitrogens with zero attached hydrogens (tertiary/aromatic N) is 3. The van der Waals surface area contributed by atoms with Crippen molar-refractivity contribution in [2.75, 3.05) is 0 Å². The molecule has 1 aliphatic carbocycles. The minimum absolute atomic E-state index is 0.0627. The predicted molar refractivity (Wildman–Crippen MR) is 93.3 cm³/mol. The van der Waals surface area contributed by atoms with Gasteiger partial charge in [0, 0.05) is 59.5 Å². The maximum atomic E-state index is 13.3. The van der Waals surface area contributed by atoms with E-state index in [0.717, 1.165) is 36.3 Å². The topological polar surface area (TPSA) is 39.8 Å². The Morgan fingerprint density at radius 3 is 3.00 bits per heavy atom. The van der Waals surface area contributed by atoms with E-state index < -0.39 is 0 Å². The van der Waals surface area contributed by atoms with Crippen LogP contribution in [-0.4, -0.2) is 19.9 Å². The normalized spacial score (nSPS) is 22.8. The van der Waals surface area contributed by atoms with Gasteiger partial charge in [-0.2, -0.15) is 0 Å². The molecule has 0 radical (unpaired) electrons. The van der Waals surface area contributed by atoms with Crippen LogP contribution in [-0.2, 0) is 13.1 Å². The van der Waals surface area contributed by atoms with Gasteiger partial charge in [0.1, 0.15) is 5.82 Å². The molecular weight excluding hydrogens is 298 g/mol. The first-order chi connectivity index (χ1) is 11.7. The number of imidazole rings is 1. The number of hydrogen-bond donors (Lipinski definition) is 0. The van der Waals surface area contributed by atoms with Gasteiger partial charge in [-0.15, -0.1) is 0 Å². The van der Waals surface area contributed by atoms with E-state index in [9.17, 15) is 4.79 Å². The Morgan fingerprint density at radius 1 is 1.29 bits per heavy atom. The first-order valence-electron chi connectivity index (χ1n) is 8.87. The molecule has 24 heavy (non-hydrogen) atoms. The van der Waals surface area contributed by atoms with Crippen molar-refractivity contribution < 1.29 is 4.79 Å². The number of aromatic nitrogens is 3. The van der Waals surface area contributed by atoms with Gasteiger partial charge in [0.05, 0.1) is 0 Å². The lowest BCUT2D eigenvalue weighted by Crippen LogP contribution is -2.31. The Hall–Kier alpha value is -2.36. The minimum Gasteiger partial charge on any atom is -0.344 e. The van der Waals surface area contributed by atoms with Crippen molar-refractivity contribution in [2.45, 2.75) is 45.2 Å². The standard InChI is InChI=1S/C20H21N3O/c1-13-21-8-10-22(13)12-15-11-14-5-4-9-23-17-7-3-2-6-16(17)18(19(14)23)20(15)24/h2-3,6-8,10,14-15H,4-5,9,11-12H2,1H3. The maximum Gasteiger partial charge on any atom is 0.170 e. The average molecular weight is 319 g/mol. The molecule has 3 heterocycles. The van der Waals surface area contributed by atoms with Gasteiger partial charge in [0.25, 0.3) is 0 Å². The number of para-hydroxylation sites is 1. The highest BCUT2D eigenvalue weighted by atomic mass is 16.1. The summed E-state index contributed by atoms with van der Waals surface area (Å²) in [6, 6.07) is 8.42. The molecule has 122 valence electrons.